The largest absolute Gasteiger partial charge is 0.573 e. The molecule has 0 saturated heterocycles. The van der Waals surface area contributed by atoms with Gasteiger partial charge >= 0.3 is 17.7 Å². The molecule has 4 rings (SSSR count). The van der Waals surface area contributed by atoms with Crippen molar-refractivity contribution in [2.24, 2.45) is 0 Å². The number of carbonyl (C=O) groups excluding carboxylic acids is 2. The van der Waals surface area contributed by atoms with Gasteiger partial charge in [0.05, 0.1) is 0 Å². The van der Waals surface area contributed by atoms with Crippen LogP contribution in [0.1, 0.15) is 10.5 Å². The number of amides is 3. The summed E-state index contributed by atoms with van der Waals surface area (Å²) in [7, 11) is 1.48. The second-order valence-electron chi connectivity index (χ2n) is 7.33. The molecule has 2 heterocycles. The number of carbonyl (C=O) groups is 2. The van der Waals surface area contributed by atoms with E-state index >= 15 is 0 Å². The molecule has 0 radical (unpaired) electrons. The molecule has 0 fully saturated rings. The number of pyridine rings is 1. The molecule has 2 aromatic carbocycles. The summed E-state index contributed by atoms with van der Waals surface area (Å²) in [6.45, 7) is 0. The predicted octanol–water partition coefficient (Wildman–Crippen LogP) is 5.48. The van der Waals surface area contributed by atoms with Crippen molar-refractivity contribution >= 4 is 34.9 Å². The highest BCUT2D eigenvalue weighted by Crippen LogP contribution is 2.31. The van der Waals surface area contributed by atoms with Gasteiger partial charge in [0.25, 0.3) is 5.91 Å². The van der Waals surface area contributed by atoms with Crippen molar-refractivity contribution in [3.05, 3.63) is 71.8 Å². The fourth-order valence-corrected chi connectivity index (χ4v) is 3.19. The van der Waals surface area contributed by atoms with Crippen molar-refractivity contribution in [1.82, 2.24) is 20.4 Å². The first-order chi connectivity index (χ1) is 18.1. The Morgan fingerprint density at radius 1 is 0.947 bits per heavy atom. The fourth-order valence-electron chi connectivity index (χ4n) is 3.08. The van der Waals surface area contributed by atoms with Gasteiger partial charge in [-0.15, -0.1) is 13.2 Å². The topological polar surface area (TPSA) is 140 Å². The van der Waals surface area contributed by atoms with E-state index in [0.717, 1.165) is 12.1 Å². The Labute approximate surface area is 216 Å². The Hall–Kier alpha value is -4.85. The van der Waals surface area contributed by atoms with E-state index in [-0.39, 0.29) is 34.0 Å². The predicted molar refractivity (Wildman–Crippen MR) is 128 cm³/mol. The van der Waals surface area contributed by atoms with Gasteiger partial charge in [-0.25, -0.2) is 4.79 Å². The normalized spacial score (nSPS) is 11.0. The molecule has 0 aliphatic carbocycles. The Kier molecular flexibility index (Phi) is 7.62. The van der Waals surface area contributed by atoms with Gasteiger partial charge in [-0.2, -0.15) is 4.98 Å². The highest BCUT2D eigenvalue weighted by atomic mass is 35.5. The Morgan fingerprint density at radius 3 is 2.34 bits per heavy atom. The standard InChI is InChI=1S/C23H16ClF3N6O5/c1-28-20(34)18-11-16(6-7-29-18)36-15-4-2-13(3-5-15)30-22(35)31-14-8-12(19-32-21(24)38-33-19)9-17(10-14)37-23(25,26)27/h2-11H,1H3,(H,28,34)(H2,30,31,35). The number of urea groups is 1. The number of hydrogen-bond acceptors (Lipinski definition) is 8. The van der Waals surface area contributed by atoms with Crippen LogP contribution in [0.3, 0.4) is 0 Å². The average molecular weight is 549 g/mol. The zero-order chi connectivity index (χ0) is 27.3. The molecule has 4 aromatic rings. The summed E-state index contributed by atoms with van der Waals surface area (Å²) in [4.78, 5) is 31.9. The van der Waals surface area contributed by atoms with E-state index in [2.05, 4.69) is 40.3 Å². The number of nitrogens with zero attached hydrogens (tertiary/aromatic N) is 3. The number of aromatic nitrogens is 3. The first-order valence-electron chi connectivity index (χ1n) is 10.5. The van der Waals surface area contributed by atoms with Gasteiger partial charge in [-0.05, 0) is 54.1 Å². The van der Waals surface area contributed by atoms with Crippen LogP contribution in [-0.2, 0) is 0 Å². The number of hydrogen-bond donors (Lipinski definition) is 3. The molecule has 3 amide bonds. The summed E-state index contributed by atoms with van der Waals surface area (Å²) >= 11 is 5.59. The van der Waals surface area contributed by atoms with E-state index in [1.54, 1.807) is 18.2 Å². The minimum Gasteiger partial charge on any atom is -0.457 e. The first kappa shape index (κ1) is 26.2. The summed E-state index contributed by atoms with van der Waals surface area (Å²) in [5.41, 5.74) is 0.526. The van der Waals surface area contributed by atoms with Crippen LogP contribution in [0.2, 0.25) is 5.35 Å². The lowest BCUT2D eigenvalue weighted by Crippen LogP contribution is -2.20. The monoisotopic (exact) mass is 548 g/mol. The van der Waals surface area contributed by atoms with E-state index in [1.165, 1.54) is 37.5 Å². The van der Waals surface area contributed by atoms with Crippen molar-refractivity contribution in [2.45, 2.75) is 6.36 Å². The van der Waals surface area contributed by atoms with Gasteiger partial charge in [0, 0.05) is 42.3 Å². The Morgan fingerprint density at radius 2 is 1.68 bits per heavy atom. The van der Waals surface area contributed by atoms with Crippen LogP contribution in [0.15, 0.2) is 65.3 Å². The average Bonchev–Trinajstić information content (AvgIpc) is 3.30. The molecule has 38 heavy (non-hydrogen) atoms. The van der Waals surface area contributed by atoms with Crippen molar-refractivity contribution in [1.29, 1.82) is 0 Å². The van der Waals surface area contributed by atoms with Gasteiger partial charge in [0.2, 0.25) is 5.82 Å². The third kappa shape index (κ3) is 7.10. The van der Waals surface area contributed by atoms with Gasteiger partial charge in [0.1, 0.15) is 22.9 Å². The first-order valence-corrected chi connectivity index (χ1v) is 10.9. The van der Waals surface area contributed by atoms with Crippen LogP contribution < -0.4 is 25.4 Å². The number of nitrogens with one attached hydrogen (secondary N) is 3. The molecule has 0 aliphatic heterocycles. The summed E-state index contributed by atoms with van der Waals surface area (Å²) in [5.74, 6) is -0.325. The number of alkyl halides is 3. The van der Waals surface area contributed by atoms with Crippen LogP contribution in [-0.4, -0.2) is 40.5 Å². The van der Waals surface area contributed by atoms with Crippen molar-refractivity contribution in [3.8, 4) is 28.6 Å². The molecule has 0 atom stereocenters. The second-order valence-corrected chi connectivity index (χ2v) is 7.65. The van der Waals surface area contributed by atoms with Crippen LogP contribution in [0.4, 0.5) is 29.3 Å². The molecule has 0 bridgehead atoms. The lowest BCUT2D eigenvalue weighted by molar-refractivity contribution is -0.274. The van der Waals surface area contributed by atoms with E-state index in [9.17, 15) is 22.8 Å². The van der Waals surface area contributed by atoms with Gasteiger partial charge in [-0.3, -0.25) is 9.78 Å². The number of halogens is 4. The quantitative estimate of drug-likeness (QED) is 0.276. The van der Waals surface area contributed by atoms with Gasteiger partial charge in [0.15, 0.2) is 0 Å². The fraction of sp³-hybridized carbons (Fsp3) is 0.0870. The van der Waals surface area contributed by atoms with E-state index in [4.69, 9.17) is 16.3 Å². The third-order valence-electron chi connectivity index (χ3n) is 4.60. The Balaban J connectivity index is 1.44. The molecule has 0 unspecified atom stereocenters. The van der Waals surface area contributed by atoms with Crippen LogP contribution in [0.5, 0.6) is 17.2 Å². The Bertz CT molecular complexity index is 1460. The number of benzene rings is 2. The van der Waals surface area contributed by atoms with Crippen molar-refractivity contribution < 1.29 is 36.8 Å². The number of anilines is 2. The van der Waals surface area contributed by atoms with Crippen LogP contribution in [0.25, 0.3) is 11.4 Å². The summed E-state index contributed by atoms with van der Waals surface area (Å²) in [5, 5.41) is 10.7. The zero-order valence-electron chi connectivity index (χ0n) is 19.2. The van der Waals surface area contributed by atoms with E-state index in [0.29, 0.717) is 17.2 Å². The van der Waals surface area contributed by atoms with Crippen LogP contribution in [0, 0.1) is 0 Å². The SMILES string of the molecule is CNC(=O)c1cc(Oc2ccc(NC(=O)Nc3cc(OC(F)(F)F)cc(-c4noc(Cl)n4)c3)cc2)ccn1. The van der Waals surface area contributed by atoms with Crippen LogP contribution >= 0.6 is 11.6 Å². The second kappa shape index (κ2) is 11.0. The smallest absolute Gasteiger partial charge is 0.457 e. The van der Waals surface area contributed by atoms with Crippen molar-refractivity contribution in [3.63, 3.8) is 0 Å². The maximum absolute atomic E-state index is 12.8. The van der Waals surface area contributed by atoms with E-state index in [1.807, 2.05) is 0 Å². The summed E-state index contributed by atoms with van der Waals surface area (Å²) < 4.78 is 52.6. The minimum atomic E-state index is -4.98. The highest BCUT2D eigenvalue weighted by Gasteiger charge is 2.31. The zero-order valence-corrected chi connectivity index (χ0v) is 19.9. The minimum absolute atomic E-state index is 0.0508. The summed E-state index contributed by atoms with van der Waals surface area (Å²) in [6, 6.07) is 11.8. The highest BCUT2D eigenvalue weighted by molar-refractivity contribution is 6.27. The number of rotatable bonds is 7. The maximum Gasteiger partial charge on any atom is 0.573 e. The molecular formula is C23H16ClF3N6O5. The molecule has 196 valence electrons. The molecule has 11 nitrogen and oxygen atoms in total. The molecule has 0 aliphatic rings. The summed E-state index contributed by atoms with van der Waals surface area (Å²) in [6.07, 6.45) is -3.55. The molecular weight excluding hydrogens is 533 g/mol. The lowest BCUT2D eigenvalue weighted by Gasteiger charge is -2.13. The molecule has 3 N–H and O–H groups in total. The van der Waals surface area contributed by atoms with E-state index < -0.39 is 18.1 Å². The van der Waals surface area contributed by atoms with Crippen molar-refractivity contribution in [2.75, 3.05) is 17.7 Å². The molecule has 15 heteroatoms. The molecule has 2 aromatic heterocycles. The van der Waals surface area contributed by atoms with Gasteiger partial charge < -0.3 is 29.9 Å². The van der Waals surface area contributed by atoms with Gasteiger partial charge in [-0.1, -0.05) is 5.16 Å². The maximum atomic E-state index is 12.8. The lowest BCUT2D eigenvalue weighted by atomic mass is 10.1. The third-order valence-corrected chi connectivity index (χ3v) is 4.75. The molecule has 0 spiro atoms. The molecule has 0 saturated carbocycles. The number of ether oxygens (including phenoxy) is 2.